The predicted molar refractivity (Wildman–Crippen MR) is 230 cm³/mol. The van der Waals surface area contributed by atoms with Gasteiger partial charge in [0.25, 0.3) is 0 Å². The Morgan fingerprint density at radius 2 is 1.64 bits per heavy atom. The van der Waals surface area contributed by atoms with Crippen LogP contribution in [0.1, 0.15) is 87.6 Å². The lowest BCUT2D eigenvalue weighted by Gasteiger charge is -2.27. The third-order valence-corrected chi connectivity index (χ3v) is 10.6. The number of nitrogens with zero attached hydrogens (tertiary/aromatic N) is 2. The molecule has 5 aromatic rings. The van der Waals surface area contributed by atoms with Crippen LogP contribution in [0.3, 0.4) is 0 Å². The second-order valence-electron chi connectivity index (χ2n) is 16.3. The molecule has 3 N–H and O–H groups in total. The molecule has 1 fully saturated rings. The molecule has 1 aliphatic carbocycles. The van der Waals surface area contributed by atoms with Gasteiger partial charge in [-0.1, -0.05) is 91.9 Å². The predicted octanol–water partition coefficient (Wildman–Crippen LogP) is 8.76. The van der Waals surface area contributed by atoms with E-state index in [1.807, 2.05) is 125 Å². The highest BCUT2D eigenvalue weighted by Crippen LogP contribution is 2.48. The zero-order valence-electron chi connectivity index (χ0n) is 34.9. The Bertz CT molecular complexity index is 2220. The first-order chi connectivity index (χ1) is 28.3. The summed E-state index contributed by atoms with van der Waals surface area (Å²) in [5, 5.41) is 18.6. The molecule has 0 saturated heterocycles. The second kappa shape index (κ2) is 19.3. The Morgan fingerprint density at radius 3 is 2.31 bits per heavy atom. The molecule has 0 spiro atoms. The normalized spacial score (nSPS) is 15.8. The SMILES string of the molecule is COC(=O)C[C@H](NC(=O)CNC(O)CCCN(C(=O)OC(C)(C)C)c1cc(C)c([C@H]2CC2C)cn1)c1ccc(-c2ccc(OCc3ccccc3)c3ccccc23)cc1. The first-order valence-corrected chi connectivity index (χ1v) is 20.3. The minimum atomic E-state index is -1.03. The molecule has 6 rings (SSSR count). The van der Waals surface area contributed by atoms with Crippen molar-refractivity contribution in [1.82, 2.24) is 15.6 Å². The Hall–Kier alpha value is -5.78. The minimum absolute atomic E-state index is 0.0742. The van der Waals surface area contributed by atoms with Gasteiger partial charge in [0.2, 0.25) is 5.91 Å². The lowest BCUT2D eigenvalue weighted by atomic mass is 9.95. The fourth-order valence-electron chi connectivity index (χ4n) is 7.24. The number of anilines is 1. The summed E-state index contributed by atoms with van der Waals surface area (Å²) in [4.78, 5) is 45.1. The van der Waals surface area contributed by atoms with Crippen LogP contribution in [-0.2, 0) is 25.7 Å². The summed E-state index contributed by atoms with van der Waals surface area (Å²) in [6, 6.07) is 31.2. The zero-order valence-corrected chi connectivity index (χ0v) is 34.9. The molecular weight excluding hydrogens is 745 g/mol. The van der Waals surface area contributed by atoms with Crippen LogP contribution in [0.25, 0.3) is 21.9 Å². The summed E-state index contributed by atoms with van der Waals surface area (Å²) in [6.07, 6.45) is 2.04. The second-order valence-corrected chi connectivity index (χ2v) is 16.3. The largest absolute Gasteiger partial charge is 0.488 e. The van der Waals surface area contributed by atoms with Crippen molar-refractivity contribution in [2.75, 3.05) is 25.1 Å². The van der Waals surface area contributed by atoms with E-state index < -0.39 is 35.8 Å². The van der Waals surface area contributed by atoms with Crippen molar-refractivity contribution in [1.29, 1.82) is 0 Å². The van der Waals surface area contributed by atoms with Crippen LogP contribution < -0.4 is 20.3 Å². The monoisotopic (exact) mass is 800 g/mol. The maximum Gasteiger partial charge on any atom is 0.416 e. The number of aliphatic hydroxyl groups excluding tert-OH is 1. The van der Waals surface area contributed by atoms with Gasteiger partial charge in [-0.15, -0.1) is 0 Å². The van der Waals surface area contributed by atoms with E-state index in [2.05, 4.69) is 28.6 Å². The van der Waals surface area contributed by atoms with E-state index in [1.54, 1.807) is 0 Å². The highest BCUT2D eigenvalue weighted by molar-refractivity contribution is 6.00. The molecule has 0 bridgehead atoms. The maximum atomic E-state index is 13.3. The minimum Gasteiger partial charge on any atom is -0.488 e. The van der Waals surface area contributed by atoms with E-state index in [-0.39, 0.29) is 25.9 Å². The van der Waals surface area contributed by atoms with Crippen molar-refractivity contribution < 1.29 is 33.7 Å². The van der Waals surface area contributed by atoms with Crippen molar-refractivity contribution in [3.63, 3.8) is 0 Å². The van der Waals surface area contributed by atoms with Gasteiger partial charge in [-0.05, 0) is 110 Å². The van der Waals surface area contributed by atoms with Crippen LogP contribution in [0, 0.1) is 12.8 Å². The molecule has 2 amide bonds. The van der Waals surface area contributed by atoms with Crippen molar-refractivity contribution in [3.05, 3.63) is 126 Å². The number of rotatable bonds is 17. The molecule has 1 aliphatic rings. The average Bonchev–Trinajstić information content (AvgIpc) is 3.95. The lowest BCUT2D eigenvalue weighted by molar-refractivity contribution is -0.141. The van der Waals surface area contributed by atoms with Crippen molar-refractivity contribution >= 4 is 34.6 Å². The molecule has 11 nitrogen and oxygen atoms in total. The number of aromatic nitrogens is 1. The Labute approximate surface area is 347 Å². The number of aliphatic hydroxyl groups is 1. The van der Waals surface area contributed by atoms with Crippen molar-refractivity contribution in [2.45, 2.75) is 90.7 Å². The first kappa shape index (κ1) is 42.8. The summed E-state index contributed by atoms with van der Waals surface area (Å²) in [6.45, 7) is 10.2. The molecule has 4 aromatic carbocycles. The Balaban J connectivity index is 1.06. The van der Waals surface area contributed by atoms with Gasteiger partial charge in [0, 0.05) is 18.1 Å². The topological polar surface area (TPSA) is 139 Å². The zero-order chi connectivity index (χ0) is 42.1. The summed E-state index contributed by atoms with van der Waals surface area (Å²) in [5.74, 6) is 1.55. The molecule has 59 heavy (non-hydrogen) atoms. The van der Waals surface area contributed by atoms with Gasteiger partial charge in [-0.25, -0.2) is 9.78 Å². The summed E-state index contributed by atoms with van der Waals surface area (Å²) in [5.41, 5.74) is 5.39. The van der Waals surface area contributed by atoms with E-state index in [4.69, 9.17) is 14.2 Å². The number of benzene rings is 4. The highest BCUT2D eigenvalue weighted by Gasteiger charge is 2.35. The standard InChI is InChI=1S/C48H56N4O7/c1-31-25-39(31)40-28-49-43(26-32(40)2)52(47(56)59-48(3,4)5)24-12-17-44(53)50-29-45(54)51-41(27-46(55)57-6)35-20-18-34(19-21-35)36-22-23-42(38-16-11-10-15-37(36)38)58-30-33-13-8-7-9-14-33/h7-11,13-16,18-23,26,28,31,39,41,44,50,53H,12,17,24-25,27,29-30H2,1-6H3,(H,51,54)/t31?,39-,41-,44?/m0/s1. The van der Waals surface area contributed by atoms with Gasteiger partial charge in [-0.3, -0.25) is 19.8 Å². The number of aryl methyl sites for hydroxylation is 1. The van der Waals surface area contributed by atoms with Gasteiger partial charge >= 0.3 is 12.1 Å². The number of amides is 2. The highest BCUT2D eigenvalue weighted by atomic mass is 16.6. The number of hydrogen-bond acceptors (Lipinski definition) is 9. The summed E-state index contributed by atoms with van der Waals surface area (Å²) in [7, 11) is 1.31. The molecular formula is C48H56N4O7. The number of pyridine rings is 1. The van der Waals surface area contributed by atoms with Crippen molar-refractivity contribution in [2.24, 2.45) is 5.92 Å². The molecule has 1 aromatic heterocycles. The van der Waals surface area contributed by atoms with Crippen LogP contribution >= 0.6 is 0 Å². The number of methoxy groups -OCH3 is 1. The number of carbonyl (C=O) groups excluding carboxylic acids is 3. The fourth-order valence-corrected chi connectivity index (χ4v) is 7.24. The quantitative estimate of drug-likeness (QED) is 0.0622. The number of carbonyl (C=O) groups is 3. The lowest BCUT2D eigenvalue weighted by Crippen LogP contribution is -2.42. The molecule has 11 heteroatoms. The molecule has 2 unspecified atom stereocenters. The molecule has 4 atom stereocenters. The van der Waals surface area contributed by atoms with Crippen LogP contribution in [0.2, 0.25) is 0 Å². The van der Waals surface area contributed by atoms with Gasteiger partial charge in [-0.2, -0.15) is 0 Å². The third-order valence-electron chi connectivity index (χ3n) is 10.6. The molecule has 1 heterocycles. The maximum absolute atomic E-state index is 13.3. The molecule has 1 saturated carbocycles. The summed E-state index contributed by atoms with van der Waals surface area (Å²) >= 11 is 0. The fraction of sp³-hybridized carbons (Fsp3) is 0.375. The third kappa shape index (κ3) is 11.7. The molecule has 0 aliphatic heterocycles. The molecule has 0 radical (unpaired) electrons. The Kier molecular flexibility index (Phi) is 14.0. The van der Waals surface area contributed by atoms with Crippen molar-refractivity contribution in [3.8, 4) is 16.9 Å². The van der Waals surface area contributed by atoms with Crippen LogP contribution in [0.4, 0.5) is 10.6 Å². The number of fused-ring (bicyclic) bond motifs is 1. The van der Waals surface area contributed by atoms with E-state index in [1.165, 1.54) is 17.6 Å². The van der Waals surface area contributed by atoms with Crippen LogP contribution in [0.15, 0.2) is 103 Å². The molecule has 310 valence electrons. The van der Waals surface area contributed by atoms with Gasteiger partial charge in [0.1, 0.15) is 30.0 Å². The van der Waals surface area contributed by atoms with E-state index >= 15 is 0 Å². The van der Waals surface area contributed by atoms with Crippen LogP contribution in [0.5, 0.6) is 5.75 Å². The average molecular weight is 801 g/mol. The number of esters is 1. The van der Waals surface area contributed by atoms with Gasteiger partial charge in [0.05, 0.1) is 26.1 Å². The number of nitrogens with one attached hydrogen (secondary N) is 2. The first-order valence-electron chi connectivity index (χ1n) is 20.3. The van der Waals surface area contributed by atoms with E-state index in [0.717, 1.165) is 50.8 Å². The van der Waals surface area contributed by atoms with Crippen LogP contribution in [-0.4, -0.2) is 60.1 Å². The van der Waals surface area contributed by atoms with E-state index in [0.29, 0.717) is 30.7 Å². The van der Waals surface area contributed by atoms with Gasteiger partial charge < -0.3 is 24.6 Å². The van der Waals surface area contributed by atoms with E-state index in [9.17, 15) is 19.5 Å². The smallest absolute Gasteiger partial charge is 0.416 e. The van der Waals surface area contributed by atoms with Gasteiger partial charge in [0.15, 0.2) is 0 Å². The Morgan fingerprint density at radius 1 is 0.949 bits per heavy atom. The number of hydrogen-bond donors (Lipinski definition) is 3. The summed E-state index contributed by atoms with van der Waals surface area (Å²) < 4.78 is 16.9. The number of ether oxygens (including phenoxy) is 3.